The molecule has 2 amide bonds. The molecule has 1 aromatic rings. The molecule has 1 aliphatic heterocycles. The van der Waals surface area contributed by atoms with Crippen molar-refractivity contribution in [2.24, 2.45) is 0 Å². The van der Waals surface area contributed by atoms with Gasteiger partial charge in [0.05, 0.1) is 5.69 Å². The van der Waals surface area contributed by atoms with E-state index in [9.17, 15) is 9.59 Å². The third-order valence-corrected chi connectivity index (χ3v) is 4.10. The lowest BCUT2D eigenvalue weighted by Crippen LogP contribution is -2.58. The molecule has 18 heavy (non-hydrogen) atoms. The summed E-state index contributed by atoms with van der Waals surface area (Å²) in [7, 11) is 0. The first-order valence-electron chi connectivity index (χ1n) is 5.59. The first kappa shape index (κ1) is 13.5. The summed E-state index contributed by atoms with van der Waals surface area (Å²) in [6, 6.07) is 5.12. The van der Waals surface area contributed by atoms with E-state index in [1.165, 1.54) is 4.90 Å². The number of benzene rings is 1. The molecular weight excluding hydrogens is 364 g/mol. The number of nitrogens with zero attached hydrogens (tertiary/aromatic N) is 1. The summed E-state index contributed by atoms with van der Waals surface area (Å²) >= 11 is 6.83. The van der Waals surface area contributed by atoms with Crippen molar-refractivity contribution in [3.8, 4) is 0 Å². The standard InChI is InChI=1S/C12H12Br2N2O2/c1-2-9-12(18)16(6-10(17)15-9)11-7(13)4-3-5-8(11)14/h3-5,9H,2,6H2,1H3,(H,15,17). The quantitative estimate of drug-likeness (QED) is 0.863. The van der Waals surface area contributed by atoms with Crippen LogP contribution in [-0.2, 0) is 9.59 Å². The Hall–Kier alpha value is -0.880. The van der Waals surface area contributed by atoms with Crippen LogP contribution < -0.4 is 10.2 Å². The second kappa shape index (κ2) is 5.40. The van der Waals surface area contributed by atoms with Gasteiger partial charge in [0.1, 0.15) is 12.6 Å². The lowest BCUT2D eigenvalue weighted by atomic mass is 10.1. The van der Waals surface area contributed by atoms with E-state index in [-0.39, 0.29) is 18.4 Å². The van der Waals surface area contributed by atoms with E-state index in [4.69, 9.17) is 0 Å². The number of amides is 2. The van der Waals surface area contributed by atoms with E-state index >= 15 is 0 Å². The van der Waals surface area contributed by atoms with Crippen LogP contribution >= 0.6 is 31.9 Å². The molecule has 0 aliphatic carbocycles. The lowest BCUT2D eigenvalue weighted by Gasteiger charge is -2.33. The molecule has 1 unspecified atom stereocenters. The lowest BCUT2D eigenvalue weighted by molar-refractivity contribution is -0.131. The highest BCUT2D eigenvalue weighted by atomic mass is 79.9. The van der Waals surface area contributed by atoms with Crippen LogP contribution in [0.25, 0.3) is 0 Å². The van der Waals surface area contributed by atoms with Gasteiger partial charge in [0.25, 0.3) is 0 Å². The average Bonchev–Trinajstić information content (AvgIpc) is 2.32. The highest BCUT2D eigenvalue weighted by Crippen LogP contribution is 2.35. The SMILES string of the molecule is CCC1NC(=O)CN(c2c(Br)cccc2Br)C1=O. The van der Waals surface area contributed by atoms with Crippen molar-refractivity contribution < 1.29 is 9.59 Å². The fourth-order valence-electron chi connectivity index (χ4n) is 1.92. The van der Waals surface area contributed by atoms with Gasteiger partial charge in [-0.2, -0.15) is 0 Å². The topological polar surface area (TPSA) is 49.4 Å². The minimum atomic E-state index is -0.440. The van der Waals surface area contributed by atoms with Crippen LogP contribution in [0.3, 0.4) is 0 Å². The monoisotopic (exact) mass is 374 g/mol. The van der Waals surface area contributed by atoms with Crippen molar-refractivity contribution in [2.75, 3.05) is 11.4 Å². The number of halogens is 2. The maximum atomic E-state index is 12.3. The molecule has 2 rings (SSSR count). The summed E-state index contributed by atoms with van der Waals surface area (Å²) in [4.78, 5) is 25.4. The number of carbonyl (C=O) groups is 2. The molecule has 0 radical (unpaired) electrons. The number of hydrogen-bond acceptors (Lipinski definition) is 2. The van der Waals surface area contributed by atoms with E-state index in [1.54, 1.807) is 0 Å². The first-order chi connectivity index (χ1) is 8.54. The van der Waals surface area contributed by atoms with Crippen LogP contribution in [0.2, 0.25) is 0 Å². The Labute approximate surface area is 122 Å². The predicted octanol–water partition coefficient (Wildman–Crippen LogP) is 2.45. The van der Waals surface area contributed by atoms with Gasteiger partial charge in [-0.3, -0.25) is 14.5 Å². The van der Waals surface area contributed by atoms with E-state index in [2.05, 4.69) is 37.2 Å². The minimum absolute atomic E-state index is 0.0521. The van der Waals surface area contributed by atoms with Crippen LogP contribution in [0.15, 0.2) is 27.1 Å². The van der Waals surface area contributed by atoms with Crippen molar-refractivity contribution in [3.05, 3.63) is 27.1 Å². The zero-order valence-corrected chi connectivity index (χ0v) is 12.9. The Morgan fingerprint density at radius 3 is 2.50 bits per heavy atom. The van der Waals surface area contributed by atoms with Gasteiger partial charge in [0.15, 0.2) is 0 Å². The van der Waals surface area contributed by atoms with Crippen molar-refractivity contribution >= 4 is 49.4 Å². The van der Waals surface area contributed by atoms with Crippen molar-refractivity contribution in [2.45, 2.75) is 19.4 Å². The molecule has 6 heteroatoms. The van der Waals surface area contributed by atoms with Crippen LogP contribution in [0, 0.1) is 0 Å². The Morgan fingerprint density at radius 2 is 1.94 bits per heavy atom. The number of anilines is 1. The second-order valence-corrected chi connectivity index (χ2v) is 5.73. The van der Waals surface area contributed by atoms with Gasteiger partial charge >= 0.3 is 0 Å². The highest BCUT2D eigenvalue weighted by molar-refractivity contribution is 9.11. The number of rotatable bonds is 2. The molecule has 96 valence electrons. The third kappa shape index (κ3) is 2.44. The number of hydrogen-bond donors (Lipinski definition) is 1. The Morgan fingerprint density at radius 1 is 1.33 bits per heavy atom. The summed E-state index contributed by atoms with van der Waals surface area (Å²) < 4.78 is 1.57. The molecule has 0 aromatic heterocycles. The molecular formula is C12H12Br2N2O2. The second-order valence-electron chi connectivity index (χ2n) is 4.02. The van der Waals surface area contributed by atoms with E-state index in [0.29, 0.717) is 12.1 Å². The summed E-state index contributed by atoms with van der Waals surface area (Å²) in [5.41, 5.74) is 0.704. The molecule has 1 saturated heterocycles. The zero-order valence-electron chi connectivity index (χ0n) is 9.74. The fraction of sp³-hybridized carbons (Fsp3) is 0.333. The molecule has 0 bridgehead atoms. The molecule has 1 aliphatic rings. The molecule has 1 atom stereocenters. The maximum Gasteiger partial charge on any atom is 0.250 e. The Kier molecular flexibility index (Phi) is 4.07. The van der Waals surface area contributed by atoms with Gasteiger partial charge in [0.2, 0.25) is 11.8 Å². The van der Waals surface area contributed by atoms with E-state index in [0.717, 1.165) is 8.95 Å². The van der Waals surface area contributed by atoms with Gasteiger partial charge in [-0.15, -0.1) is 0 Å². The number of piperazine rings is 1. The first-order valence-corrected chi connectivity index (χ1v) is 7.18. The normalized spacial score (nSPS) is 19.9. The molecule has 1 N–H and O–H groups in total. The molecule has 0 saturated carbocycles. The summed E-state index contributed by atoms with van der Waals surface area (Å²) in [5.74, 6) is -0.214. The van der Waals surface area contributed by atoms with Gasteiger partial charge < -0.3 is 5.32 Å². The van der Waals surface area contributed by atoms with Crippen LogP contribution in [0.4, 0.5) is 5.69 Å². The van der Waals surface area contributed by atoms with Crippen molar-refractivity contribution in [3.63, 3.8) is 0 Å². The van der Waals surface area contributed by atoms with Crippen LogP contribution in [-0.4, -0.2) is 24.4 Å². The largest absolute Gasteiger partial charge is 0.343 e. The van der Waals surface area contributed by atoms with Gasteiger partial charge in [0, 0.05) is 8.95 Å². The van der Waals surface area contributed by atoms with Gasteiger partial charge in [-0.05, 0) is 50.4 Å². The smallest absolute Gasteiger partial charge is 0.250 e. The van der Waals surface area contributed by atoms with Gasteiger partial charge in [-0.25, -0.2) is 0 Å². The van der Waals surface area contributed by atoms with E-state index in [1.807, 2.05) is 25.1 Å². The molecule has 4 nitrogen and oxygen atoms in total. The number of nitrogens with one attached hydrogen (secondary N) is 1. The maximum absolute atomic E-state index is 12.3. The predicted molar refractivity (Wildman–Crippen MR) is 76.4 cm³/mol. The van der Waals surface area contributed by atoms with E-state index < -0.39 is 6.04 Å². The molecule has 1 fully saturated rings. The molecule has 0 spiro atoms. The summed E-state index contributed by atoms with van der Waals surface area (Å²) in [5, 5.41) is 2.69. The van der Waals surface area contributed by atoms with Crippen molar-refractivity contribution in [1.29, 1.82) is 0 Å². The highest BCUT2D eigenvalue weighted by Gasteiger charge is 2.33. The van der Waals surface area contributed by atoms with Crippen LogP contribution in [0.1, 0.15) is 13.3 Å². The van der Waals surface area contributed by atoms with Gasteiger partial charge in [-0.1, -0.05) is 13.0 Å². The Bertz CT molecular complexity index is 485. The number of para-hydroxylation sites is 1. The minimum Gasteiger partial charge on any atom is -0.343 e. The van der Waals surface area contributed by atoms with Crippen LogP contribution in [0.5, 0.6) is 0 Å². The molecule has 1 aromatic carbocycles. The fourth-order valence-corrected chi connectivity index (χ4v) is 3.35. The summed E-state index contributed by atoms with van der Waals surface area (Å²) in [6.45, 7) is 1.93. The average molecular weight is 376 g/mol. The zero-order chi connectivity index (χ0) is 13.3. The Balaban J connectivity index is 2.42. The summed E-state index contributed by atoms with van der Waals surface area (Å²) in [6.07, 6.45) is 0.586. The number of carbonyl (C=O) groups excluding carboxylic acids is 2. The third-order valence-electron chi connectivity index (χ3n) is 2.82. The van der Waals surface area contributed by atoms with Crippen molar-refractivity contribution in [1.82, 2.24) is 5.32 Å². The molecule has 1 heterocycles.